The number of nitrogens with zero attached hydrogens (tertiary/aromatic N) is 2. The highest BCUT2D eigenvalue weighted by Gasteiger charge is 2.37. The van der Waals surface area contributed by atoms with Crippen LogP contribution in [0.1, 0.15) is 58.6 Å². The fraction of sp³-hybridized carbons (Fsp3) is 0.462. The van der Waals surface area contributed by atoms with Gasteiger partial charge in [0.15, 0.2) is 0 Å². The summed E-state index contributed by atoms with van der Waals surface area (Å²) in [7, 11) is 0. The van der Waals surface area contributed by atoms with E-state index in [4.69, 9.17) is 21.6 Å². The number of hydrogen-bond acceptors (Lipinski definition) is 4. The smallest absolute Gasteiger partial charge is 0.232 e. The van der Waals surface area contributed by atoms with E-state index >= 15 is 0 Å². The van der Waals surface area contributed by atoms with Crippen molar-refractivity contribution in [2.24, 2.45) is 5.41 Å². The van der Waals surface area contributed by atoms with Gasteiger partial charge in [0.2, 0.25) is 5.91 Å². The molecule has 2 aromatic carbocycles. The van der Waals surface area contributed by atoms with Gasteiger partial charge in [0, 0.05) is 34.3 Å². The Hall–Kier alpha value is -2.00. The fourth-order valence-electron chi connectivity index (χ4n) is 3.94. The van der Waals surface area contributed by atoms with E-state index in [-0.39, 0.29) is 16.7 Å². The second kappa shape index (κ2) is 9.87. The predicted molar refractivity (Wildman–Crippen MR) is 132 cm³/mol. The van der Waals surface area contributed by atoms with Crippen molar-refractivity contribution in [3.63, 3.8) is 0 Å². The van der Waals surface area contributed by atoms with Crippen molar-refractivity contribution in [2.45, 2.75) is 63.1 Å². The van der Waals surface area contributed by atoms with Gasteiger partial charge < -0.3 is 9.64 Å². The molecule has 0 N–H and O–H groups in total. The summed E-state index contributed by atoms with van der Waals surface area (Å²) in [5.74, 6) is 0.0508. The van der Waals surface area contributed by atoms with Crippen molar-refractivity contribution in [3.8, 4) is 6.07 Å². The van der Waals surface area contributed by atoms with Gasteiger partial charge in [0.05, 0.1) is 22.3 Å². The third kappa shape index (κ3) is 5.31. The summed E-state index contributed by atoms with van der Waals surface area (Å²) in [6.45, 7) is 11.2. The Morgan fingerprint density at radius 3 is 2.28 bits per heavy atom. The molecule has 1 fully saturated rings. The van der Waals surface area contributed by atoms with Crippen LogP contribution in [0.4, 0.5) is 5.69 Å². The van der Waals surface area contributed by atoms with Crippen LogP contribution >= 0.6 is 23.4 Å². The number of benzene rings is 2. The first-order valence-corrected chi connectivity index (χ1v) is 12.2. The third-order valence-corrected chi connectivity index (χ3v) is 7.55. The standard InChI is InChI=1S/C26H31ClN2O2S/c1-18(2)29(24(30)25(3,4)5)23-11-8-20(16-22(23)27)26(12-14-31-15-13-26)32-21-9-6-19(17-28)7-10-21/h6-11,16,18H,12-15H2,1-5H3. The molecule has 6 heteroatoms. The molecule has 1 saturated heterocycles. The number of thioether (sulfide) groups is 1. The van der Waals surface area contributed by atoms with Gasteiger partial charge in [0.1, 0.15) is 0 Å². The molecule has 4 nitrogen and oxygen atoms in total. The Morgan fingerprint density at radius 2 is 1.78 bits per heavy atom. The molecule has 0 unspecified atom stereocenters. The number of amides is 1. The number of anilines is 1. The Morgan fingerprint density at radius 1 is 1.16 bits per heavy atom. The van der Waals surface area contributed by atoms with Crippen LogP contribution < -0.4 is 4.90 Å². The number of halogens is 1. The van der Waals surface area contributed by atoms with E-state index in [1.54, 1.807) is 16.7 Å². The van der Waals surface area contributed by atoms with Crippen LogP contribution in [0.25, 0.3) is 0 Å². The highest BCUT2D eigenvalue weighted by molar-refractivity contribution is 8.00. The van der Waals surface area contributed by atoms with Crippen molar-refractivity contribution < 1.29 is 9.53 Å². The summed E-state index contributed by atoms with van der Waals surface area (Å²) in [4.78, 5) is 16.0. The van der Waals surface area contributed by atoms with Crippen LogP contribution in [-0.4, -0.2) is 25.2 Å². The Kier molecular flexibility index (Phi) is 7.60. The minimum atomic E-state index is -0.500. The molecular weight excluding hydrogens is 440 g/mol. The molecule has 3 rings (SSSR count). The second-order valence-electron chi connectivity index (χ2n) is 9.53. The molecule has 32 heavy (non-hydrogen) atoms. The van der Waals surface area contributed by atoms with Crippen LogP contribution in [0.3, 0.4) is 0 Å². The first-order valence-electron chi connectivity index (χ1n) is 11.0. The zero-order chi connectivity index (χ0) is 23.5. The third-order valence-electron chi connectivity index (χ3n) is 5.71. The lowest BCUT2D eigenvalue weighted by Crippen LogP contribution is -2.44. The Balaban J connectivity index is 1.99. The zero-order valence-corrected chi connectivity index (χ0v) is 21.0. The molecule has 1 aliphatic heterocycles. The van der Waals surface area contributed by atoms with Crippen LogP contribution in [0.15, 0.2) is 47.4 Å². The number of carbonyl (C=O) groups excluding carboxylic acids is 1. The Bertz CT molecular complexity index is 1000. The molecular formula is C26H31ClN2O2S. The summed E-state index contributed by atoms with van der Waals surface area (Å²) in [5, 5.41) is 9.68. The molecule has 2 aromatic rings. The van der Waals surface area contributed by atoms with E-state index in [1.807, 2.05) is 71.0 Å². The molecule has 0 radical (unpaired) electrons. The average Bonchev–Trinajstić information content (AvgIpc) is 2.75. The molecule has 0 aliphatic carbocycles. The van der Waals surface area contributed by atoms with Crippen LogP contribution in [-0.2, 0) is 14.3 Å². The highest BCUT2D eigenvalue weighted by Crippen LogP contribution is 2.49. The molecule has 1 amide bonds. The maximum absolute atomic E-state index is 13.1. The summed E-state index contributed by atoms with van der Waals surface area (Å²) >= 11 is 8.61. The maximum atomic E-state index is 13.1. The van der Waals surface area contributed by atoms with E-state index in [0.717, 1.165) is 29.0 Å². The van der Waals surface area contributed by atoms with Gasteiger partial charge in [-0.15, -0.1) is 11.8 Å². The van der Waals surface area contributed by atoms with Crippen molar-refractivity contribution in [1.29, 1.82) is 5.26 Å². The maximum Gasteiger partial charge on any atom is 0.232 e. The Labute approximate surface area is 200 Å². The van der Waals surface area contributed by atoms with Crippen molar-refractivity contribution >= 4 is 35.0 Å². The first-order chi connectivity index (χ1) is 15.1. The second-order valence-corrected chi connectivity index (χ2v) is 11.4. The quantitative estimate of drug-likeness (QED) is 0.482. The normalized spacial score (nSPS) is 15.9. The number of ether oxygens (including phenoxy) is 1. The largest absolute Gasteiger partial charge is 0.381 e. The van der Waals surface area contributed by atoms with Gasteiger partial charge in [-0.05, 0) is 68.7 Å². The fourth-order valence-corrected chi connectivity index (χ4v) is 5.55. The summed E-state index contributed by atoms with van der Waals surface area (Å²) in [6.07, 6.45) is 1.73. The van der Waals surface area contributed by atoms with E-state index in [1.165, 1.54) is 0 Å². The minimum absolute atomic E-state index is 0.00450. The molecule has 0 bridgehead atoms. The number of nitriles is 1. The van der Waals surface area contributed by atoms with E-state index < -0.39 is 5.41 Å². The summed E-state index contributed by atoms with van der Waals surface area (Å²) in [5.41, 5.74) is 2.03. The van der Waals surface area contributed by atoms with Gasteiger partial charge >= 0.3 is 0 Å². The number of hydrogen-bond donors (Lipinski definition) is 0. The SMILES string of the molecule is CC(C)N(C(=O)C(C)(C)C)c1ccc(C2(Sc3ccc(C#N)cc3)CCOCC2)cc1Cl. The monoisotopic (exact) mass is 470 g/mol. The van der Waals surface area contributed by atoms with E-state index in [0.29, 0.717) is 23.8 Å². The van der Waals surface area contributed by atoms with Gasteiger partial charge in [-0.25, -0.2) is 0 Å². The lowest BCUT2D eigenvalue weighted by atomic mass is 9.89. The summed E-state index contributed by atoms with van der Waals surface area (Å²) in [6, 6.07) is 16.0. The molecule has 1 aliphatic rings. The molecule has 0 atom stereocenters. The average molecular weight is 471 g/mol. The topological polar surface area (TPSA) is 53.3 Å². The lowest BCUT2D eigenvalue weighted by molar-refractivity contribution is -0.126. The van der Waals surface area contributed by atoms with Crippen LogP contribution in [0.2, 0.25) is 5.02 Å². The van der Waals surface area contributed by atoms with Crippen molar-refractivity contribution in [2.75, 3.05) is 18.1 Å². The van der Waals surface area contributed by atoms with Gasteiger partial charge in [-0.2, -0.15) is 5.26 Å². The molecule has 1 heterocycles. The summed E-state index contributed by atoms with van der Waals surface area (Å²) < 4.78 is 5.50. The molecule has 170 valence electrons. The number of carbonyl (C=O) groups is 1. The van der Waals surface area contributed by atoms with Gasteiger partial charge in [0.25, 0.3) is 0 Å². The minimum Gasteiger partial charge on any atom is -0.381 e. The van der Waals surface area contributed by atoms with Crippen molar-refractivity contribution in [3.05, 3.63) is 58.6 Å². The molecule has 0 aromatic heterocycles. The van der Waals surface area contributed by atoms with Crippen molar-refractivity contribution in [1.82, 2.24) is 0 Å². The predicted octanol–water partition coefficient (Wildman–Crippen LogP) is 6.80. The molecule has 0 spiro atoms. The first kappa shape index (κ1) is 24.6. The number of rotatable bonds is 5. The zero-order valence-electron chi connectivity index (χ0n) is 19.4. The molecule has 0 saturated carbocycles. The highest BCUT2D eigenvalue weighted by atomic mass is 35.5. The van der Waals surface area contributed by atoms with E-state index in [2.05, 4.69) is 12.1 Å². The van der Waals surface area contributed by atoms with Gasteiger partial charge in [-0.3, -0.25) is 4.79 Å². The lowest BCUT2D eigenvalue weighted by Gasteiger charge is -2.38. The van der Waals surface area contributed by atoms with Crippen LogP contribution in [0, 0.1) is 16.7 Å². The van der Waals surface area contributed by atoms with Gasteiger partial charge in [-0.1, -0.05) is 38.4 Å². The van der Waals surface area contributed by atoms with Crippen LogP contribution in [0.5, 0.6) is 0 Å². The van der Waals surface area contributed by atoms with E-state index in [9.17, 15) is 4.79 Å².